The van der Waals surface area contributed by atoms with Crippen molar-refractivity contribution >= 4 is 33.6 Å². The molecule has 0 aliphatic heterocycles. The summed E-state index contributed by atoms with van der Waals surface area (Å²) in [7, 11) is 0. The molecular weight excluding hydrogens is 300 g/mol. The first-order valence-corrected chi connectivity index (χ1v) is 7.64. The van der Waals surface area contributed by atoms with Crippen LogP contribution in [0.15, 0.2) is 36.7 Å². The predicted molar refractivity (Wildman–Crippen MR) is 87.4 cm³/mol. The van der Waals surface area contributed by atoms with Gasteiger partial charge in [0.2, 0.25) is 0 Å². The van der Waals surface area contributed by atoms with Crippen LogP contribution in [-0.2, 0) is 6.42 Å². The molecule has 2 heterocycles. The van der Waals surface area contributed by atoms with Crippen LogP contribution in [0.5, 0.6) is 0 Å². The molecule has 0 aliphatic rings. The Labute approximate surface area is 131 Å². The fraction of sp³-hybridized carbons (Fsp3) is 0.200. The highest BCUT2D eigenvalue weighted by Gasteiger charge is 2.14. The van der Waals surface area contributed by atoms with Gasteiger partial charge in [0.1, 0.15) is 5.52 Å². The van der Waals surface area contributed by atoms with Gasteiger partial charge in [-0.15, -0.1) is 11.3 Å². The highest BCUT2D eigenvalue weighted by atomic mass is 32.1. The zero-order valence-electron chi connectivity index (χ0n) is 11.9. The number of nitro benzene ring substituents is 1. The summed E-state index contributed by atoms with van der Waals surface area (Å²) in [6.07, 6.45) is 4.31. The lowest BCUT2D eigenvalue weighted by Crippen LogP contribution is -2.06. The summed E-state index contributed by atoms with van der Waals surface area (Å²) in [4.78, 5) is 20.5. The van der Waals surface area contributed by atoms with Crippen molar-refractivity contribution in [1.29, 1.82) is 0 Å². The number of anilines is 1. The number of benzene rings is 1. The highest BCUT2D eigenvalue weighted by molar-refractivity contribution is 7.11. The SMILES string of the molecule is Cc1cnc(CCNc2ccc([N+](=O)[O-])c3cccnc23)s1. The maximum absolute atomic E-state index is 11.1. The van der Waals surface area contributed by atoms with Crippen molar-refractivity contribution in [2.45, 2.75) is 13.3 Å². The first-order chi connectivity index (χ1) is 10.6. The minimum absolute atomic E-state index is 0.0733. The van der Waals surface area contributed by atoms with Gasteiger partial charge in [-0.25, -0.2) is 4.98 Å². The molecular formula is C15H14N4O2S. The van der Waals surface area contributed by atoms with E-state index in [0.717, 1.165) is 17.1 Å². The van der Waals surface area contributed by atoms with Crippen LogP contribution in [0.1, 0.15) is 9.88 Å². The number of thiazole rings is 1. The van der Waals surface area contributed by atoms with Crippen LogP contribution >= 0.6 is 11.3 Å². The standard InChI is InChI=1S/C15H14N4O2S/c1-10-9-18-14(22-10)6-8-16-12-4-5-13(19(20)21)11-3-2-7-17-15(11)12/h2-5,7,9,16H,6,8H2,1H3. The fourth-order valence-electron chi connectivity index (χ4n) is 2.28. The molecule has 0 aliphatic carbocycles. The summed E-state index contributed by atoms with van der Waals surface area (Å²) in [6.45, 7) is 2.73. The lowest BCUT2D eigenvalue weighted by molar-refractivity contribution is -0.383. The second-order valence-corrected chi connectivity index (χ2v) is 6.15. The molecule has 1 aromatic carbocycles. The fourth-order valence-corrected chi connectivity index (χ4v) is 3.07. The minimum atomic E-state index is -0.383. The number of rotatable bonds is 5. The Hall–Kier alpha value is -2.54. The number of nitrogens with zero attached hydrogens (tertiary/aromatic N) is 3. The number of aromatic nitrogens is 2. The Balaban J connectivity index is 1.82. The van der Waals surface area contributed by atoms with Gasteiger partial charge in [0.15, 0.2) is 0 Å². The number of non-ortho nitro benzene ring substituents is 1. The third-order valence-corrected chi connectivity index (χ3v) is 4.24. The molecule has 0 fully saturated rings. The van der Waals surface area contributed by atoms with E-state index in [-0.39, 0.29) is 10.6 Å². The smallest absolute Gasteiger partial charge is 0.278 e. The van der Waals surface area contributed by atoms with Gasteiger partial charge in [-0.2, -0.15) is 0 Å². The average molecular weight is 314 g/mol. The molecule has 0 saturated heterocycles. The van der Waals surface area contributed by atoms with Crippen LogP contribution in [0.3, 0.4) is 0 Å². The molecule has 0 atom stereocenters. The van der Waals surface area contributed by atoms with E-state index in [0.29, 0.717) is 17.4 Å². The van der Waals surface area contributed by atoms with E-state index < -0.39 is 0 Å². The van der Waals surface area contributed by atoms with Crippen LogP contribution < -0.4 is 5.32 Å². The zero-order chi connectivity index (χ0) is 15.5. The van der Waals surface area contributed by atoms with Gasteiger partial charge in [-0.3, -0.25) is 15.1 Å². The van der Waals surface area contributed by atoms with Gasteiger partial charge in [0.05, 0.1) is 21.0 Å². The van der Waals surface area contributed by atoms with Crippen LogP contribution in [0.4, 0.5) is 11.4 Å². The Morgan fingerprint density at radius 2 is 2.18 bits per heavy atom. The number of hydrogen-bond acceptors (Lipinski definition) is 6. The van der Waals surface area contributed by atoms with E-state index in [4.69, 9.17) is 0 Å². The van der Waals surface area contributed by atoms with E-state index >= 15 is 0 Å². The normalized spacial score (nSPS) is 10.8. The van der Waals surface area contributed by atoms with Gasteiger partial charge in [-0.05, 0) is 25.1 Å². The zero-order valence-corrected chi connectivity index (χ0v) is 12.8. The van der Waals surface area contributed by atoms with Gasteiger partial charge >= 0.3 is 0 Å². The van der Waals surface area contributed by atoms with E-state index in [9.17, 15) is 10.1 Å². The van der Waals surface area contributed by atoms with Crippen molar-refractivity contribution in [3.8, 4) is 0 Å². The molecule has 112 valence electrons. The molecule has 3 rings (SSSR count). The van der Waals surface area contributed by atoms with Crippen molar-refractivity contribution in [3.05, 3.63) is 56.7 Å². The number of hydrogen-bond donors (Lipinski definition) is 1. The summed E-state index contributed by atoms with van der Waals surface area (Å²) in [6, 6.07) is 6.65. The van der Waals surface area contributed by atoms with Crippen molar-refractivity contribution in [2.24, 2.45) is 0 Å². The van der Waals surface area contributed by atoms with Gasteiger partial charge in [0, 0.05) is 36.3 Å². The summed E-state index contributed by atoms with van der Waals surface area (Å²) >= 11 is 1.68. The van der Waals surface area contributed by atoms with E-state index in [2.05, 4.69) is 15.3 Å². The maximum Gasteiger partial charge on any atom is 0.278 e. The van der Waals surface area contributed by atoms with Gasteiger partial charge in [0.25, 0.3) is 5.69 Å². The molecule has 22 heavy (non-hydrogen) atoms. The topological polar surface area (TPSA) is 81.0 Å². The van der Waals surface area contributed by atoms with Crippen LogP contribution in [-0.4, -0.2) is 21.4 Å². The average Bonchev–Trinajstić information content (AvgIpc) is 2.92. The van der Waals surface area contributed by atoms with E-state index in [1.807, 2.05) is 13.1 Å². The molecule has 0 saturated carbocycles. The minimum Gasteiger partial charge on any atom is -0.383 e. The second-order valence-electron chi connectivity index (χ2n) is 4.83. The van der Waals surface area contributed by atoms with Crippen molar-refractivity contribution in [3.63, 3.8) is 0 Å². The van der Waals surface area contributed by atoms with Gasteiger partial charge in [-0.1, -0.05) is 0 Å². The van der Waals surface area contributed by atoms with Crippen LogP contribution in [0, 0.1) is 17.0 Å². The van der Waals surface area contributed by atoms with E-state index in [1.54, 1.807) is 35.7 Å². The Morgan fingerprint density at radius 1 is 1.32 bits per heavy atom. The lowest BCUT2D eigenvalue weighted by Gasteiger charge is -2.08. The molecule has 0 unspecified atom stereocenters. The Bertz CT molecular complexity index is 831. The highest BCUT2D eigenvalue weighted by Crippen LogP contribution is 2.29. The first-order valence-electron chi connectivity index (χ1n) is 6.82. The largest absolute Gasteiger partial charge is 0.383 e. The molecule has 0 amide bonds. The van der Waals surface area contributed by atoms with Gasteiger partial charge < -0.3 is 5.32 Å². The molecule has 2 aromatic heterocycles. The monoisotopic (exact) mass is 314 g/mol. The molecule has 6 nitrogen and oxygen atoms in total. The first kappa shape index (κ1) is 14.4. The maximum atomic E-state index is 11.1. The summed E-state index contributed by atoms with van der Waals surface area (Å²) in [5, 5.41) is 16.0. The van der Waals surface area contributed by atoms with Crippen molar-refractivity contribution in [1.82, 2.24) is 9.97 Å². The number of nitro groups is 1. The lowest BCUT2D eigenvalue weighted by atomic mass is 10.1. The number of pyridine rings is 1. The third kappa shape index (κ3) is 2.89. The Morgan fingerprint density at radius 3 is 2.91 bits per heavy atom. The number of fused-ring (bicyclic) bond motifs is 1. The van der Waals surface area contributed by atoms with Crippen molar-refractivity contribution < 1.29 is 4.92 Å². The van der Waals surface area contributed by atoms with E-state index in [1.165, 1.54) is 10.9 Å². The summed E-state index contributed by atoms with van der Waals surface area (Å²) in [5.41, 5.74) is 1.49. The van der Waals surface area contributed by atoms with Crippen LogP contribution in [0.25, 0.3) is 10.9 Å². The van der Waals surface area contributed by atoms with Crippen molar-refractivity contribution in [2.75, 3.05) is 11.9 Å². The molecule has 0 spiro atoms. The Kier molecular flexibility index (Phi) is 3.97. The molecule has 0 radical (unpaired) electrons. The molecule has 0 bridgehead atoms. The molecule has 1 N–H and O–H groups in total. The predicted octanol–water partition coefficient (Wildman–Crippen LogP) is 3.56. The third-order valence-electron chi connectivity index (χ3n) is 3.27. The number of nitrogens with one attached hydrogen (secondary N) is 1. The molecule has 7 heteroatoms. The molecule has 3 aromatic rings. The van der Waals surface area contributed by atoms with Crippen LogP contribution in [0.2, 0.25) is 0 Å². The summed E-state index contributed by atoms with van der Waals surface area (Å²) < 4.78 is 0. The second kappa shape index (κ2) is 6.07. The number of aryl methyl sites for hydroxylation is 1. The summed E-state index contributed by atoms with van der Waals surface area (Å²) in [5.74, 6) is 0. The quantitative estimate of drug-likeness (QED) is 0.575.